The summed E-state index contributed by atoms with van der Waals surface area (Å²) < 4.78 is 0. The van der Waals surface area contributed by atoms with Gasteiger partial charge in [0.25, 0.3) is 0 Å². The minimum atomic E-state index is 0. The second-order valence-corrected chi connectivity index (χ2v) is 4.50. The van der Waals surface area contributed by atoms with E-state index >= 15 is 0 Å². The number of benzene rings is 1. The summed E-state index contributed by atoms with van der Waals surface area (Å²) in [4.78, 5) is 0. The Kier molecular flexibility index (Phi) is 10.4. The number of phenols is 1. The molecular weight excluding hydrogens is 252 g/mol. The molecule has 0 saturated carbocycles. The van der Waals surface area contributed by atoms with Crippen LogP contribution in [0.25, 0.3) is 0 Å². The molecule has 1 aromatic rings. The molecule has 0 spiro atoms. The number of rotatable bonds is 8. The van der Waals surface area contributed by atoms with Crippen LogP contribution in [0.3, 0.4) is 0 Å². The third kappa shape index (κ3) is 7.46. The van der Waals surface area contributed by atoms with Crippen molar-refractivity contribution in [1.82, 2.24) is 0 Å². The summed E-state index contributed by atoms with van der Waals surface area (Å²) in [7, 11) is 0. The topological polar surface area (TPSA) is 20.2 Å². The number of phenolic OH excluding ortho intramolecular Hbond substituents is 1. The normalized spacial score (nSPS) is 9.94. The smallest absolute Gasteiger partial charge is 0.118 e. The minimum absolute atomic E-state index is 0. The Morgan fingerprint density at radius 2 is 1.47 bits per heavy atom. The van der Waals surface area contributed by atoms with Crippen LogP contribution in [-0.2, 0) is 23.5 Å². The maximum Gasteiger partial charge on any atom is 0.118 e. The molecule has 2 heteroatoms. The monoisotopic (exact) mass is 276 g/mol. The van der Waals surface area contributed by atoms with Crippen molar-refractivity contribution in [2.75, 3.05) is 0 Å². The average molecular weight is 276 g/mol. The van der Waals surface area contributed by atoms with Gasteiger partial charge in [0.2, 0.25) is 0 Å². The van der Waals surface area contributed by atoms with E-state index in [0.29, 0.717) is 5.75 Å². The van der Waals surface area contributed by atoms with Gasteiger partial charge in [-0.3, -0.25) is 0 Å². The molecule has 17 heavy (non-hydrogen) atoms. The molecule has 1 rings (SSSR count). The first-order valence-corrected chi connectivity index (χ1v) is 6.61. The van der Waals surface area contributed by atoms with Gasteiger partial charge in [0.15, 0.2) is 0 Å². The van der Waals surface area contributed by atoms with Crippen LogP contribution in [-0.4, -0.2) is 5.11 Å². The van der Waals surface area contributed by atoms with Gasteiger partial charge in [0.1, 0.15) is 5.75 Å². The molecule has 0 radical (unpaired) electrons. The number of aromatic hydroxyl groups is 1. The summed E-state index contributed by atoms with van der Waals surface area (Å²) in [6.07, 6.45) is 10.3. The van der Waals surface area contributed by atoms with E-state index in [1.54, 1.807) is 6.07 Å². The molecule has 0 unspecified atom stereocenters. The molecule has 0 amide bonds. The summed E-state index contributed by atoms with van der Waals surface area (Å²) >= 11 is 0. The Labute approximate surface area is 116 Å². The van der Waals surface area contributed by atoms with Crippen molar-refractivity contribution in [2.45, 2.75) is 58.3 Å². The van der Waals surface area contributed by atoms with Crippen molar-refractivity contribution in [3.8, 4) is 5.75 Å². The van der Waals surface area contributed by atoms with Crippen molar-refractivity contribution in [1.29, 1.82) is 0 Å². The Bertz CT molecular complexity index is 286. The first kappa shape index (κ1) is 16.5. The van der Waals surface area contributed by atoms with Gasteiger partial charge in [-0.05, 0) is 24.5 Å². The number of hydrogen-bond donors (Lipinski definition) is 1. The largest absolute Gasteiger partial charge is 0.508 e. The Morgan fingerprint density at radius 3 is 2.12 bits per heavy atom. The minimum Gasteiger partial charge on any atom is -0.508 e. The van der Waals surface area contributed by atoms with E-state index in [2.05, 4.69) is 6.92 Å². The van der Waals surface area contributed by atoms with Crippen molar-refractivity contribution in [2.24, 2.45) is 0 Å². The molecule has 0 bridgehead atoms. The van der Waals surface area contributed by atoms with E-state index < -0.39 is 0 Å². The first-order valence-electron chi connectivity index (χ1n) is 6.61. The van der Waals surface area contributed by atoms with E-state index in [9.17, 15) is 5.11 Å². The molecule has 0 aliphatic carbocycles. The summed E-state index contributed by atoms with van der Waals surface area (Å²) in [6.45, 7) is 2.25. The predicted octanol–water partition coefficient (Wildman–Crippen LogP) is 4.68. The standard InChI is InChI=1S/C15H24O.Fe/c1-2-3-4-5-6-7-8-11-14-12-9-10-13-15(14)16;/h9-10,12-13,16H,2-8,11H2,1H3;. The zero-order valence-electron chi connectivity index (χ0n) is 10.8. The first-order chi connectivity index (χ1) is 7.84. The van der Waals surface area contributed by atoms with Gasteiger partial charge in [-0.25, -0.2) is 0 Å². The van der Waals surface area contributed by atoms with Crippen molar-refractivity contribution < 1.29 is 22.2 Å². The molecule has 0 atom stereocenters. The molecule has 1 nitrogen and oxygen atoms in total. The fourth-order valence-corrected chi connectivity index (χ4v) is 1.99. The van der Waals surface area contributed by atoms with E-state index in [1.165, 1.54) is 44.9 Å². The Morgan fingerprint density at radius 1 is 0.882 bits per heavy atom. The van der Waals surface area contributed by atoms with Gasteiger partial charge in [0.05, 0.1) is 0 Å². The number of hydrogen-bond acceptors (Lipinski definition) is 1. The molecule has 0 saturated heterocycles. The van der Waals surface area contributed by atoms with Gasteiger partial charge < -0.3 is 5.11 Å². The van der Waals surface area contributed by atoms with Crippen molar-refractivity contribution >= 4 is 0 Å². The van der Waals surface area contributed by atoms with Crippen LogP contribution in [0.1, 0.15) is 57.4 Å². The number of unbranched alkanes of at least 4 members (excludes halogenated alkanes) is 6. The molecular formula is C15H24FeO. The van der Waals surface area contributed by atoms with Gasteiger partial charge in [0, 0.05) is 17.1 Å². The third-order valence-corrected chi connectivity index (χ3v) is 3.04. The van der Waals surface area contributed by atoms with E-state index in [-0.39, 0.29) is 17.1 Å². The van der Waals surface area contributed by atoms with Gasteiger partial charge >= 0.3 is 0 Å². The maximum absolute atomic E-state index is 9.58. The predicted molar refractivity (Wildman–Crippen MR) is 69.8 cm³/mol. The summed E-state index contributed by atoms with van der Waals surface area (Å²) in [5, 5.41) is 9.58. The summed E-state index contributed by atoms with van der Waals surface area (Å²) in [6, 6.07) is 7.67. The zero-order chi connectivity index (χ0) is 11.6. The molecule has 1 aromatic carbocycles. The molecule has 1 N–H and O–H groups in total. The van der Waals surface area contributed by atoms with Crippen LogP contribution in [0.5, 0.6) is 5.75 Å². The maximum atomic E-state index is 9.58. The number of para-hydroxylation sites is 1. The molecule has 0 aliphatic heterocycles. The molecule has 98 valence electrons. The van der Waals surface area contributed by atoms with Gasteiger partial charge in [-0.2, -0.15) is 0 Å². The van der Waals surface area contributed by atoms with Gasteiger partial charge in [-0.15, -0.1) is 0 Å². The quantitative estimate of drug-likeness (QED) is 0.539. The summed E-state index contributed by atoms with van der Waals surface area (Å²) in [5.41, 5.74) is 1.09. The SMILES string of the molecule is CCCCCCCCCc1ccccc1O.[Fe]. The second-order valence-electron chi connectivity index (χ2n) is 4.50. The van der Waals surface area contributed by atoms with Crippen LogP contribution in [0.2, 0.25) is 0 Å². The third-order valence-electron chi connectivity index (χ3n) is 3.04. The van der Waals surface area contributed by atoms with Crippen molar-refractivity contribution in [3.63, 3.8) is 0 Å². The fraction of sp³-hybridized carbons (Fsp3) is 0.600. The van der Waals surface area contributed by atoms with Crippen LogP contribution in [0.15, 0.2) is 24.3 Å². The average Bonchev–Trinajstić information content (AvgIpc) is 2.30. The van der Waals surface area contributed by atoms with Crippen LogP contribution in [0, 0.1) is 0 Å². The number of aryl methyl sites for hydroxylation is 1. The second kappa shape index (κ2) is 10.7. The molecule has 0 heterocycles. The molecule has 0 aromatic heterocycles. The molecule has 0 aliphatic rings. The van der Waals surface area contributed by atoms with Crippen molar-refractivity contribution in [3.05, 3.63) is 29.8 Å². The van der Waals surface area contributed by atoms with E-state index in [1.807, 2.05) is 18.2 Å². The van der Waals surface area contributed by atoms with Gasteiger partial charge in [-0.1, -0.05) is 63.6 Å². The Balaban J connectivity index is 0.00000256. The fourth-order valence-electron chi connectivity index (χ4n) is 1.99. The van der Waals surface area contributed by atoms with Crippen LogP contribution < -0.4 is 0 Å². The van der Waals surface area contributed by atoms with E-state index in [0.717, 1.165) is 12.0 Å². The molecule has 0 fully saturated rings. The summed E-state index contributed by atoms with van der Waals surface area (Å²) in [5.74, 6) is 0.452. The van der Waals surface area contributed by atoms with E-state index in [4.69, 9.17) is 0 Å². The zero-order valence-corrected chi connectivity index (χ0v) is 11.9. The van der Waals surface area contributed by atoms with Crippen LogP contribution >= 0.6 is 0 Å². The van der Waals surface area contributed by atoms with Crippen LogP contribution in [0.4, 0.5) is 0 Å². The Hall–Kier alpha value is -0.461.